The summed E-state index contributed by atoms with van der Waals surface area (Å²) in [5.41, 5.74) is 5.06. The Bertz CT molecular complexity index is 1320. The van der Waals surface area contributed by atoms with Crippen molar-refractivity contribution in [2.45, 2.75) is 13.8 Å². The maximum absolute atomic E-state index is 4.73. The van der Waals surface area contributed by atoms with Crippen LogP contribution in [0.4, 0.5) is 17.5 Å². The predicted octanol–water partition coefficient (Wildman–Crippen LogP) is 4.68. The van der Waals surface area contributed by atoms with Gasteiger partial charge in [-0.2, -0.15) is 0 Å². The lowest BCUT2D eigenvalue weighted by Crippen LogP contribution is -2.44. The molecule has 0 atom stereocenters. The molecule has 1 N–H and O–H groups in total. The summed E-state index contributed by atoms with van der Waals surface area (Å²) in [6.07, 6.45) is 9.56. The number of rotatable bonds is 5. The summed E-state index contributed by atoms with van der Waals surface area (Å²) in [5, 5.41) is 5.58. The molecule has 1 aliphatic heterocycles. The van der Waals surface area contributed by atoms with Crippen LogP contribution in [-0.2, 0) is 0 Å². The van der Waals surface area contributed by atoms with Gasteiger partial charge in [-0.1, -0.05) is 18.2 Å². The average Bonchev–Trinajstić information content (AvgIpc) is 2.87. The fourth-order valence-electron chi connectivity index (χ4n) is 4.33. The number of nitrogens with one attached hydrogen (secondary N) is 1. The zero-order chi connectivity index (χ0) is 23.5. The van der Waals surface area contributed by atoms with Gasteiger partial charge in [0.1, 0.15) is 5.82 Å². The van der Waals surface area contributed by atoms with Crippen LogP contribution in [-0.4, -0.2) is 58.1 Å². The van der Waals surface area contributed by atoms with Crippen molar-refractivity contribution in [2.24, 2.45) is 0 Å². The molecule has 0 saturated carbocycles. The van der Waals surface area contributed by atoms with Crippen molar-refractivity contribution in [3.8, 4) is 0 Å². The van der Waals surface area contributed by atoms with Crippen LogP contribution in [0, 0.1) is 6.92 Å². The minimum Gasteiger partial charge on any atom is -0.354 e. The van der Waals surface area contributed by atoms with Gasteiger partial charge in [0.05, 0.1) is 17.6 Å². The molecule has 172 valence electrons. The van der Waals surface area contributed by atoms with E-state index in [4.69, 9.17) is 4.98 Å². The normalized spacial score (nSPS) is 15.0. The maximum atomic E-state index is 4.73. The van der Waals surface area contributed by atoms with E-state index in [1.165, 1.54) is 0 Å². The average molecular weight is 452 g/mol. The molecule has 0 aliphatic carbocycles. The Morgan fingerprint density at radius 3 is 2.53 bits per heavy atom. The number of benzene rings is 1. The standard InChI is InChI=1S/C27H29N7/c1-4-24(21-5-6-22-16-28-10-9-20(22)15-21)25-18-30-27(31-19(25)2)32-23-7-8-26(29-17-23)34-13-11-33(3)12-14-34/h4-10,15-18H,11-14H2,1-3H3,(H,30,31,32)/b24-4-. The van der Waals surface area contributed by atoms with E-state index >= 15 is 0 Å². The number of aromatic nitrogens is 4. The smallest absolute Gasteiger partial charge is 0.227 e. The number of pyridine rings is 2. The van der Waals surface area contributed by atoms with Crippen molar-refractivity contribution in [3.63, 3.8) is 0 Å². The Labute approximate surface area is 200 Å². The van der Waals surface area contributed by atoms with Crippen LogP contribution >= 0.6 is 0 Å². The number of hydrogen-bond acceptors (Lipinski definition) is 7. The first-order chi connectivity index (χ1) is 16.6. The molecular weight excluding hydrogens is 422 g/mol. The number of hydrogen-bond donors (Lipinski definition) is 1. The second-order valence-corrected chi connectivity index (χ2v) is 8.65. The molecular formula is C27H29N7. The Balaban J connectivity index is 1.33. The molecule has 0 bridgehead atoms. The van der Waals surface area contributed by atoms with Crippen LogP contribution < -0.4 is 10.2 Å². The van der Waals surface area contributed by atoms with E-state index in [2.05, 4.69) is 67.5 Å². The van der Waals surface area contributed by atoms with Gasteiger partial charge >= 0.3 is 0 Å². The number of aryl methyl sites for hydroxylation is 1. The topological polar surface area (TPSA) is 70.1 Å². The van der Waals surface area contributed by atoms with Crippen molar-refractivity contribution in [3.05, 3.63) is 84.1 Å². The van der Waals surface area contributed by atoms with Crippen molar-refractivity contribution < 1.29 is 0 Å². The van der Waals surface area contributed by atoms with Gasteiger partial charge in [-0.3, -0.25) is 4.98 Å². The van der Waals surface area contributed by atoms with Gasteiger partial charge in [-0.25, -0.2) is 15.0 Å². The minimum absolute atomic E-state index is 0.565. The van der Waals surface area contributed by atoms with E-state index < -0.39 is 0 Å². The minimum atomic E-state index is 0.565. The second-order valence-electron chi connectivity index (χ2n) is 8.65. The highest BCUT2D eigenvalue weighted by atomic mass is 15.3. The highest BCUT2D eigenvalue weighted by Gasteiger charge is 2.15. The quantitative estimate of drug-likeness (QED) is 0.473. The maximum Gasteiger partial charge on any atom is 0.227 e. The molecule has 0 spiro atoms. The Morgan fingerprint density at radius 1 is 0.941 bits per heavy atom. The highest BCUT2D eigenvalue weighted by Crippen LogP contribution is 2.28. The number of piperazine rings is 1. The molecule has 7 nitrogen and oxygen atoms in total. The molecule has 5 rings (SSSR count). The summed E-state index contributed by atoms with van der Waals surface area (Å²) in [7, 11) is 2.16. The van der Waals surface area contributed by atoms with E-state index in [0.29, 0.717) is 5.95 Å². The van der Waals surface area contributed by atoms with Crippen molar-refractivity contribution in [2.75, 3.05) is 43.4 Å². The largest absolute Gasteiger partial charge is 0.354 e. The molecule has 1 fully saturated rings. The van der Waals surface area contributed by atoms with Gasteiger partial charge < -0.3 is 15.1 Å². The zero-order valence-corrected chi connectivity index (χ0v) is 19.9. The van der Waals surface area contributed by atoms with Gasteiger partial charge in [-0.15, -0.1) is 0 Å². The molecule has 1 aliphatic rings. The highest BCUT2D eigenvalue weighted by molar-refractivity contribution is 5.89. The first-order valence-electron chi connectivity index (χ1n) is 11.6. The summed E-state index contributed by atoms with van der Waals surface area (Å²) in [5.74, 6) is 1.57. The third-order valence-electron chi connectivity index (χ3n) is 6.34. The molecule has 0 unspecified atom stereocenters. The van der Waals surface area contributed by atoms with Gasteiger partial charge in [0.15, 0.2) is 0 Å². The molecule has 0 radical (unpaired) electrons. The Morgan fingerprint density at radius 2 is 1.79 bits per heavy atom. The lowest BCUT2D eigenvalue weighted by molar-refractivity contribution is 0.312. The first kappa shape index (κ1) is 22.0. The third-order valence-corrected chi connectivity index (χ3v) is 6.34. The lowest BCUT2D eigenvalue weighted by atomic mass is 9.96. The Hall–Kier alpha value is -3.84. The van der Waals surface area contributed by atoms with Crippen LogP contribution in [0.25, 0.3) is 16.3 Å². The number of nitrogens with zero attached hydrogens (tertiary/aromatic N) is 6. The van der Waals surface area contributed by atoms with E-state index in [0.717, 1.165) is 70.9 Å². The Kier molecular flexibility index (Phi) is 6.18. The van der Waals surface area contributed by atoms with E-state index in [1.54, 1.807) is 0 Å². The lowest BCUT2D eigenvalue weighted by Gasteiger charge is -2.33. The SMILES string of the molecule is C/C=C(/c1ccc2cnccc2c1)c1cnc(Nc2ccc(N3CCN(C)CC3)nc2)nc1C. The van der Waals surface area contributed by atoms with Crippen molar-refractivity contribution in [1.29, 1.82) is 0 Å². The number of anilines is 3. The van der Waals surface area contributed by atoms with E-state index in [-0.39, 0.29) is 0 Å². The molecule has 1 saturated heterocycles. The first-order valence-corrected chi connectivity index (χ1v) is 11.6. The van der Waals surface area contributed by atoms with Crippen LogP contribution in [0.3, 0.4) is 0 Å². The molecule has 1 aromatic carbocycles. The zero-order valence-electron chi connectivity index (χ0n) is 19.9. The van der Waals surface area contributed by atoms with Crippen LogP contribution in [0.2, 0.25) is 0 Å². The van der Waals surface area contributed by atoms with E-state index in [1.807, 2.05) is 50.8 Å². The number of likely N-dealkylation sites (N-methyl/N-ethyl adjacent to an activating group) is 1. The van der Waals surface area contributed by atoms with Gasteiger partial charge in [0.2, 0.25) is 5.95 Å². The van der Waals surface area contributed by atoms with Crippen molar-refractivity contribution >= 4 is 33.8 Å². The van der Waals surface area contributed by atoms with Gasteiger partial charge in [-0.05, 0) is 61.7 Å². The molecule has 0 amide bonds. The molecule has 34 heavy (non-hydrogen) atoms. The molecule has 4 heterocycles. The molecule has 7 heteroatoms. The fourth-order valence-corrected chi connectivity index (χ4v) is 4.33. The van der Waals surface area contributed by atoms with Crippen LogP contribution in [0.1, 0.15) is 23.7 Å². The summed E-state index contributed by atoms with van der Waals surface area (Å²) >= 11 is 0. The fraction of sp³-hybridized carbons (Fsp3) is 0.259. The molecule has 3 aromatic heterocycles. The third kappa shape index (κ3) is 4.61. The summed E-state index contributed by atoms with van der Waals surface area (Å²) < 4.78 is 0. The van der Waals surface area contributed by atoms with Gasteiger partial charge in [0, 0.05) is 55.7 Å². The van der Waals surface area contributed by atoms with E-state index in [9.17, 15) is 0 Å². The summed E-state index contributed by atoms with van der Waals surface area (Å²) in [6.45, 7) is 8.19. The van der Waals surface area contributed by atoms with Gasteiger partial charge in [0.25, 0.3) is 0 Å². The van der Waals surface area contributed by atoms with Crippen LogP contribution in [0.5, 0.6) is 0 Å². The summed E-state index contributed by atoms with van der Waals surface area (Å²) in [4.78, 5) is 22.8. The predicted molar refractivity (Wildman–Crippen MR) is 138 cm³/mol. The number of fused-ring (bicyclic) bond motifs is 1. The second kappa shape index (κ2) is 9.57. The van der Waals surface area contributed by atoms with Crippen molar-refractivity contribution in [1.82, 2.24) is 24.8 Å². The molecule has 4 aromatic rings. The summed E-state index contributed by atoms with van der Waals surface area (Å²) in [6, 6.07) is 12.5. The van der Waals surface area contributed by atoms with Crippen LogP contribution in [0.15, 0.2) is 67.3 Å². The monoisotopic (exact) mass is 451 g/mol. The number of allylic oxidation sites excluding steroid dienone is 1.